The van der Waals surface area contributed by atoms with Gasteiger partial charge < -0.3 is 15.7 Å². The summed E-state index contributed by atoms with van der Waals surface area (Å²) in [7, 11) is 0. The van der Waals surface area contributed by atoms with Crippen molar-refractivity contribution in [1.82, 2.24) is 10.6 Å². The molecule has 4 nitrogen and oxygen atoms in total. The fraction of sp³-hybridized carbons (Fsp3) is 0.944. The summed E-state index contributed by atoms with van der Waals surface area (Å²) in [5.74, 6) is 0.193. The zero-order chi connectivity index (χ0) is 16.3. The van der Waals surface area contributed by atoms with Crippen LogP contribution in [0.4, 0.5) is 0 Å². The van der Waals surface area contributed by atoms with Crippen molar-refractivity contribution in [3.8, 4) is 0 Å². The van der Waals surface area contributed by atoms with Crippen molar-refractivity contribution in [2.75, 3.05) is 26.2 Å². The van der Waals surface area contributed by atoms with Crippen LogP contribution in [0.15, 0.2) is 0 Å². The van der Waals surface area contributed by atoms with Gasteiger partial charge in [0.25, 0.3) is 0 Å². The molecule has 0 bridgehead atoms. The monoisotopic (exact) mass is 314 g/mol. The second kappa shape index (κ2) is 18.4. The summed E-state index contributed by atoms with van der Waals surface area (Å²) in [5, 5.41) is 14.8. The van der Waals surface area contributed by atoms with Gasteiger partial charge in [0, 0.05) is 19.6 Å². The maximum Gasteiger partial charge on any atom is 0.219 e. The zero-order valence-corrected chi connectivity index (χ0v) is 14.7. The number of aliphatic hydroxyl groups excluding tert-OH is 1. The third-order valence-electron chi connectivity index (χ3n) is 3.87. The molecule has 132 valence electrons. The Balaban J connectivity index is 3.13. The molecular formula is C18H38N2O2. The number of rotatable bonds is 17. The van der Waals surface area contributed by atoms with E-state index >= 15 is 0 Å². The summed E-state index contributed by atoms with van der Waals surface area (Å²) < 4.78 is 0. The van der Waals surface area contributed by atoms with E-state index < -0.39 is 0 Å². The van der Waals surface area contributed by atoms with E-state index in [0.717, 1.165) is 38.9 Å². The second-order valence-corrected chi connectivity index (χ2v) is 6.11. The number of hydrogen-bond acceptors (Lipinski definition) is 3. The number of hydrogen-bond donors (Lipinski definition) is 3. The molecule has 0 atom stereocenters. The summed E-state index contributed by atoms with van der Waals surface area (Å²) >= 11 is 0. The SMILES string of the molecule is CCCCCCCCCCCC(=O)NCCCNCCCO. The zero-order valence-electron chi connectivity index (χ0n) is 14.7. The average Bonchev–Trinajstić information content (AvgIpc) is 2.52. The van der Waals surface area contributed by atoms with Crippen LogP contribution in [0.1, 0.15) is 84.0 Å². The Morgan fingerprint density at radius 3 is 2.00 bits per heavy atom. The Labute approximate surface area is 137 Å². The predicted octanol–water partition coefficient (Wildman–Crippen LogP) is 3.39. The molecule has 3 N–H and O–H groups in total. The highest BCUT2D eigenvalue weighted by Gasteiger charge is 2.00. The highest BCUT2D eigenvalue weighted by atomic mass is 16.3. The predicted molar refractivity (Wildman–Crippen MR) is 94.0 cm³/mol. The first-order chi connectivity index (χ1) is 10.8. The van der Waals surface area contributed by atoms with Crippen LogP contribution in [-0.4, -0.2) is 37.3 Å². The maximum atomic E-state index is 11.6. The number of unbranched alkanes of at least 4 members (excludes halogenated alkanes) is 8. The Morgan fingerprint density at radius 2 is 1.36 bits per heavy atom. The summed E-state index contributed by atoms with van der Waals surface area (Å²) in [6, 6.07) is 0. The van der Waals surface area contributed by atoms with Crippen molar-refractivity contribution in [2.45, 2.75) is 84.0 Å². The van der Waals surface area contributed by atoms with Gasteiger partial charge in [-0.25, -0.2) is 0 Å². The quantitative estimate of drug-likeness (QED) is 0.361. The fourth-order valence-corrected chi connectivity index (χ4v) is 2.45. The first kappa shape index (κ1) is 21.4. The normalized spacial score (nSPS) is 10.8. The van der Waals surface area contributed by atoms with E-state index in [0.29, 0.717) is 6.42 Å². The van der Waals surface area contributed by atoms with Crippen molar-refractivity contribution < 1.29 is 9.90 Å². The number of carbonyl (C=O) groups excluding carboxylic acids is 1. The largest absolute Gasteiger partial charge is 0.396 e. The first-order valence-corrected chi connectivity index (χ1v) is 9.39. The molecule has 1 amide bonds. The third kappa shape index (κ3) is 17.4. The lowest BCUT2D eigenvalue weighted by molar-refractivity contribution is -0.121. The lowest BCUT2D eigenvalue weighted by atomic mass is 10.1. The molecule has 4 heteroatoms. The van der Waals surface area contributed by atoms with E-state index in [1.807, 2.05) is 0 Å². The summed E-state index contributed by atoms with van der Waals surface area (Å²) in [4.78, 5) is 11.6. The number of nitrogens with one attached hydrogen (secondary N) is 2. The highest BCUT2D eigenvalue weighted by molar-refractivity contribution is 5.75. The van der Waals surface area contributed by atoms with Gasteiger partial charge in [-0.05, 0) is 32.4 Å². The molecule has 0 aliphatic carbocycles. The van der Waals surface area contributed by atoms with Crippen LogP contribution in [0.2, 0.25) is 0 Å². The second-order valence-electron chi connectivity index (χ2n) is 6.11. The Morgan fingerprint density at radius 1 is 0.773 bits per heavy atom. The van der Waals surface area contributed by atoms with E-state index in [2.05, 4.69) is 17.6 Å². The molecule has 0 rings (SSSR count). The van der Waals surface area contributed by atoms with Gasteiger partial charge in [-0.15, -0.1) is 0 Å². The van der Waals surface area contributed by atoms with Gasteiger partial charge in [-0.2, -0.15) is 0 Å². The maximum absolute atomic E-state index is 11.6. The molecular weight excluding hydrogens is 276 g/mol. The minimum atomic E-state index is 0.193. The summed E-state index contributed by atoms with van der Waals surface area (Å²) in [6.07, 6.45) is 14.0. The lowest BCUT2D eigenvalue weighted by Crippen LogP contribution is -2.27. The molecule has 0 radical (unpaired) electrons. The van der Waals surface area contributed by atoms with Gasteiger partial charge in [0.2, 0.25) is 5.91 Å². The van der Waals surface area contributed by atoms with E-state index in [1.54, 1.807) is 0 Å². The lowest BCUT2D eigenvalue weighted by Gasteiger charge is -2.06. The number of aliphatic hydroxyl groups is 1. The third-order valence-corrected chi connectivity index (χ3v) is 3.87. The standard InChI is InChI=1S/C18H38N2O2/c1-2-3-4-5-6-7-8-9-10-13-18(22)20-16-11-14-19-15-12-17-21/h19,21H,2-17H2,1H3,(H,20,22). The molecule has 0 fully saturated rings. The molecule has 0 heterocycles. The van der Waals surface area contributed by atoms with Gasteiger partial charge >= 0.3 is 0 Å². The topological polar surface area (TPSA) is 61.4 Å². The van der Waals surface area contributed by atoms with Crippen molar-refractivity contribution >= 4 is 5.91 Å². The Kier molecular flexibility index (Phi) is 17.9. The number of carbonyl (C=O) groups is 1. The van der Waals surface area contributed by atoms with E-state index in [4.69, 9.17) is 5.11 Å². The van der Waals surface area contributed by atoms with Crippen molar-refractivity contribution in [3.05, 3.63) is 0 Å². The van der Waals surface area contributed by atoms with Crippen LogP contribution in [0.5, 0.6) is 0 Å². The minimum absolute atomic E-state index is 0.193. The van der Waals surface area contributed by atoms with Crippen LogP contribution in [0, 0.1) is 0 Å². The first-order valence-electron chi connectivity index (χ1n) is 9.39. The van der Waals surface area contributed by atoms with Gasteiger partial charge in [-0.1, -0.05) is 58.3 Å². The molecule has 0 saturated carbocycles. The molecule has 0 saturated heterocycles. The molecule has 0 spiro atoms. The van der Waals surface area contributed by atoms with Crippen molar-refractivity contribution in [1.29, 1.82) is 0 Å². The van der Waals surface area contributed by atoms with Crippen LogP contribution in [0.3, 0.4) is 0 Å². The smallest absolute Gasteiger partial charge is 0.219 e. The minimum Gasteiger partial charge on any atom is -0.396 e. The van der Waals surface area contributed by atoms with Gasteiger partial charge in [0.05, 0.1) is 0 Å². The van der Waals surface area contributed by atoms with Crippen LogP contribution in [-0.2, 0) is 4.79 Å². The van der Waals surface area contributed by atoms with E-state index in [1.165, 1.54) is 51.4 Å². The average molecular weight is 315 g/mol. The molecule has 22 heavy (non-hydrogen) atoms. The van der Waals surface area contributed by atoms with Crippen LogP contribution in [0.25, 0.3) is 0 Å². The molecule has 0 aliphatic heterocycles. The van der Waals surface area contributed by atoms with E-state index in [9.17, 15) is 4.79 Å². The van der Waals surface area contributed by atoms with Crippen molar-refractivity contribution in [3.63, 3.8) is 0 Å². The molecule has 0 aromatic carbocycles. The van der Waals surface area contributed by atoms with Gasteiger partial charge in [-0.3, -0.25) is 4.79 Å². The summed E-state index contributed by atoms with van der Waals surface area (Å²) in [6.45, 7) is 4.99. The molecule has 0 aliphatic rings. The number of amides is 1. The molecule has 0 aromatic heterocycles. The van der Waals surface area contributed by atoms with Gasteiger partial charge in [0.15, 0.2) is 0 Å². The van der Waals surface area contributed by atoms with Crippen LogP contribution < -0.4 is 10.6 Å². The van der Waals surface area contributed by atoms with Gasteiger partial charge in [0.1, 0.15) is 0 Å². The van der Waals surface area contributed by atoms with E-state index in [-0.39, 0.29) is 12.5 Å². The molecule has 0 aromatic rings. The molecule has 0 unspecified atom stereocenters. The Hall–Kier alpha value is -0.610. The van der Waals surface area contributed by atoms with Crippen molar-refractivity contribution in [2.24, 2.45) is 0 Å². The fourth-order valence-electron chi connectivity index (χ4n) is 2.45. The van der Waals surface area contributed by atoms with Crippen LogP contribution >= 0.6 is 0 Å². The Bertz CT molecular complexity index is 235. The summed E-state index contributed by atoms with van der Waals surface area (Å²) in [5.41, 5.74) is 0. The highest BCUT2D eigenvalue weighted by Crippen LogP contribution is 2.10.